The fourth-order valence-electron chi connectivity index (χ4n) is 1.42. The van der Waals surface area contributed by atoms with E-state index in [9.17, 15) is 4.79 Å². The predicted molar refractivity (Wildman–Crippen MR) is 76.7 cm³/mol. The highest BCUT2D eigenvalue weighted by atomic mass is 16.7. The molecule has 0 aliphatic heterocycles. The van der Waals surface area contributed by atoms with Crippen LogP contribution >= 0.6 is 0 Å². The molecular formula is C15H23NO3. The lowest BCUT2D eigenvalue weighted by atomic mass is 10.2. The lowest BCUT2D eigenvalue weighted by Crippen LogP contribution is -2.25. The fraction of sp³-hybridized carbons (Fsp3) is 0.533. The van der Waals surface area contributed by atoms with Crippen LogP contribution in [0.1, 0.15) is 40.5 Å². The average molecular weight is 265 g/mol. The average Bonchev–Trinajstić information content (AvgIpc) is 2.29. The van der Waals surface area contributed by atoms with Crippen molar-refractivity contribution in [3.8, 4) is 5.75 Å². The number of nitrogens with one attached hydrogen (secondary N) is 1. The van der Waals surface area contributed by atoms with Gasteiger partial charge in [-0.2, -0.15) is 0 Å². The fourth-order valence-corrected chi connectivity index (χ4v) is 1.42. The van der Waals surface area contributed by atoms with Crippen LogP contribution in [0.2, 0.25) is 0 Å². The summed E-state index contributed by atoms with van der Waals surface area (Å²) >= 11 is 0. The molecule has 0 saturated carbocycles. The molecule has 0 aromatic heterocycles. The first-order chi connectivity index (χ1) is 8.90. The molecule has 1 aromatic rings. The van der Waals surface area contributed by atoms with Crippen molar-refractivity contribution in [2.45, 2.75) is 46.1 Å². The molecule has 0 bridgehead atoms. The Morgan fingerprint density at radius 1 is 1.21 bits per heavy atom. The van der Waals surface area contributed by atoms with Crippen LogP contribution in [0.4, 0.5) is 10.5 Å². The molecule has 0 aliphatic carbocycles. The molecule has 0 fully saturated rings. The largest absolute Gasteiger partial charge is 0.514 e. The standard InChI is InChI=1S/C15H23NO3/c1-5-6-11-16-12-7-9-13(10-8-12)18-14(17)19-15(2,3)4/h7-10,16H,5-6,11H2,1-4H3. The van der Waals surface area contributed by atoms with Gasteiger partial charge in [-0.15, -0.1) is 0 Å². The SMILES string of the molecule is CCCCNc1ccc(OC(=O)OC(C)(C)C)cc1. The zero-order valence-electron chi connectivity index (χ0n) is 12.2. The van der Waals surface area contributed by atoms with E-state index in [1.807, 2.05) is 12.1 Å². The van der Waals surface area contributed by atoms with Crippen molar-refractivity contribution in [1.29, 1.82) is 0 Å². The Kier molecular flexibility index (Phi) is 5.67. The van der Waals surface area contributed by atoms with Crippen molar-refractivity contribution in [1.82, 2.24) is 0 Å². The van der Waals surface area contributed by atoms with Crippen LogP contribution in [0.15, 0.2) is 24.3 Å². The molecule has 0 aliphatic rings. The Hall–Kier alpha value is -1.71. The van der Waals surface area contributed by atoms with Crippen LogP contribution < -0.4 is 10.1 Å². The van der Waals surface area contributed by atoms with Crippen LogP contribution in [0.3, 0.4) is 0 Å². The second kappa shape index (κ2) is 7.02. The van der Waals surface area contributed by atoms with Crippen LogP contribution in [-0.4, -0.2) is 18.3 Å². The van der Waals surface area contributed by atoms with Crippen LogP contribution in [0.5, 0.6) is 5.75 Å². The van der Waals surface area contributed by atoms with Gasteiger partial charge in [0.1, 0.15) is 11.4 Å². The zero-order chi connectivity index (χ0) is 14.3. The lowest BCUT2D eigenvalue weighted by Gasteiger charge is -2.18. The third-order valence-corrected chi connectivity index (χ3v) is 2.30. The quantitative estimate of drug-likeness (QED) is 0.492. The van der Waals surface area contributed by atoms with E-state index in [-0.39, 0.29) is 0 Å². The maximum absolute atomic E-state index is 11.5. The van der Waals surface area contributed by atoms with Gasteiger partial charge in [-0.1, -0.05) is 13.3 Å². The predicted octanol–water partition coefficient (Wildman–Crippen LogP) is 4.21. The Labute approximate surface area is 115 Å². The molecule has 0 heterocycles. The highest BCUT2D eigenvalue weighted by molar-refractivity contribution is 5.64. The summed E-state index contributed by atoms with van der Waals surface area (Å²) in [6.07, 6.45) is 1.61. The molecule has 4 nitrogen and oxygen atoms in total. The summed E-state index contributed by atoms with van der Waals surface area (Å²) in [5.41, 5.74) is 0.476. The summed E-state index contributed by atoms with van der Waals surface area (Å²) in [5.74, 6) is 0.482. The van der Waals surface area contributed by atoms with E-state index in [1.54, 1.807) is 32.9 Å². The number of anilines is 1. The monoisotopic (exact) mass is 265 g/mol. The smallest absolute Gasteiger partial charge is 0.428 e. The minimum atomic E-state index is -0.681. The van der Waals surface area contributed by atoms with Gasteiger partial charge in [0.05, 0.1) is 0 Å². The molecule has 4 heteroatoms. The third-order valence-electron chi connectivity index (χ3n) is 2.30. The van der Waals surface area contributed by atoms with E-state index in [0.717, 1.165) is 25.1 Å². The highest BCUT2D eigenvalue weighted by Crippen LogP contribution is 2.17. The van der Waals surface area contributed by atoms with Crippen molar-refractivity contribution < 1.29 is 14.3 Å². The van der Waals surface area contributed by atoms with Gasteiger partial charge in [0.15, 0.2) is 0 Å². The Morgan fingerprint density at radius 2 is 1.84 bits per heavy atom. The number of carbonyl (C=O) groups excluding carboxylic acids is 1. The molecular weight excluding hydrogens is 242 g/mol. The molecule has 0 spiro atoms. The van der Waals surface area contributed by atoms with Gasteiger partial charge in [-0.25, -0.2) is 4.79 Å². The lowest BCUT2D eigenvalue weighted by molar-refractivity contribution is 0.0206. The van der Waals surface area contributed by atoms with E-state index < -0.39 is 11.8 Å². The van der Waals surface area contributed by atoms with Crippen LogP contribution in [0.25, 0.3) is 0 Å². The van der Waals surface area contributed by atoms with Gasteiger partial charge >= 0.3 is 6.16 Å². The molecule has 1 rings (SSSR count). The number of hydrogen-bond acceptors (Lipinski definition) is 4. The van der Waals surface area contributed by atoms with E-state index in [4.69, 9.17) is 9.47 Å². The number of rotatable bonds is 5. The first kappa shape index (κ1) is 15.3. The van der Waals surface area contributed by atoms with Gasteiger partial charge < -0.3 is 14.8 Å². The normalized spacial score (nSPS) is 10.9. The Morgan fingerprint density at radius 3 is 2.37 bits per heavy atom. The first-order valence-electron chi connectivity index (χ1n) is 6.65. The Bertz CT molecular complexity index is 393. The third kappa shape index (κ3) is 6.70. The second-order valence-corrected chi connectivity index (χ2v) is 5.37. The van der Waals surface area contributed by atoms with Gasteiger partial charge in [0.25, 0.3) is 0 Å². The first-order valence-corrected chi connectivity index (χ1v) is 6.65. The summed E-state index contributed by atoms with van der Waals surface area (Å²) < 4.78 is 10.2. The summed E-state index contributed by atoms with van der Waals surface area (Å²) in [7, 11) is 0. The van der Waals surface area contributed by atoms with Crippen LogP contribution in [0, 0.1) is 0 Å². The van der Waals surface area contributed by atoms with Gasteiger partial charge in [-0.05, 0) is 51.5 Å². The molecule has 0 atom stereocenters. The van der Waals surface area contributed by atoms with Crippen molar-refractivity contribution in [3.63, 3.8) is 0 Å². The molecule has 0 unspecified atom stereocenters. The van der Waals surface area contributed by atoms with Crippen molar-refractivity contribution in [2.75, 3.05) is 11.9 Å². The van der Waals surface area contributed by atoms with Crippen molar-refractivity contribution in [2.24, 2.45) is 0 Å². The molecule has 0 amide bonds. The van der Waals surface area contributed by atoms with Crippen molar-refractivity contribution in [3.05, 3.63) is 24.3 Å². The van der Waals surface area contributed by atoms with E-state index >= 15 is 0 Å². The minimum absolute atomic E-state index is 0.482. The minimum Gasteiger partial charge on any atom is -0.428 e. The molecule has 1 aromatic carbocycles. The molecule has 106 valence electrons. The number of unbranched alkanes of at least 4 members (excludes halogenated alkanes) is 1. The number of ether oxygens (including phenoxy) is 2. The van der Waals surface area contributed by atoms with Crippen LogP contribution in [-0.2, 0) is 4.74 Å². The second-order valence-electron chi connectivity index (χ2n) is 5.37. The van der Waals surface area contributed by atoms with E-state index in [1.165, 1.54) is 0 Å². The van der Waals surface area contributed by atoms with Gasteiger partial charge in [-0.3, -0.25) is 0 Å². The molecule has 1 N–H and O–H groups in total. The number of benzene rings is 1. The highest BCUT2D eigenvalue weighted by Gasteiger charge is 2.17. The maximum Gasteiger partial charge on any atom is 0.514 e. The molecule has 0 saturated heterocycles. The summed E-state index contributed by atoms with van der Waals surface area (Å²) in [5, 5.41) is 3.29. The van der Waals surface area contributed by atoms with Gasteiger partial charge in [0, 0.05) is 12.2 Å². The van der Waals surface area contributed by atoms with E-state index in [2.05, 4.69) is 12.2 Å². The summed E-state index contributed by atoms with van der Waals surface area (Å²) in [6.45, 7) is 8.50. The van der Waals surface area contributed by atoms with Gasteiger partial charge in [0.2, 0.25) is 0 Å². The van der Waals surface area contributed by atoms with E-state index in [0.29, 0.717) is 5.75 Å². The summed E-state index contributed by atoms with van der Waals surface area (Å²) in [4.78, 5) is 11.5. The topological polar surface area (TPSA) is 47.6 Å². The number of carbonyl (C=O) groups is 1. The van der Waals surface area contributed by atoms with Crippen molar-refractivity contribution >= 4 is 11.8 Å². The zero-order valence-corrected chi connectivity index (χ0v) is 12.2. The number of hydrogen-bond donors (Lipinski definition) is 1. The molecule has 19 heavy (non-hydrogen) atoms. The Balaban J connectivity index is 2.45. The maximum atomic E-state index is 11.5. The summed E-state index contributed by atoms with van der Waals surface area (Å²) in [6, 6.07) is 7.27. The molecule has 0 radical (unpaired) electrons.